The van der Waals surface area contributed by atoms with Crippen LogP contribution in [0.4, 0.5) is 0 Å². The van der Waals surface area contributed by atoms with Gasteiger partial charge in [0.25, 0.3) is 0 Å². The molecule has 128 valence electrons. The van der Waals surface area contributed by atoms with Crippen molar-refractivity contribution >= 4 is 33.5 Å². The molecule has 5 heteroatoms. The number of aryl methyl sites for hydroxylation is 2. The molecule has 2 aromatic rings. The molecule has 0 saturated carbocycles. The maximum atomic E-state index is 12.3. The monoisotopic (exact) mass is 410 g/mol. The molecule has 0 aliphatic carbocycles. The molecule has 0 unspecified atom stereocenters. The Morgan fingerprint density at radius 3 is 2.58 bits per heavy atom. The van der Waals surface area contributed by atoms with Crippen LogP contribution in [-0.4, -0.2) is 12.1 Å². The number of rotatable bonds is 5. The van der Waals surface area contributed by atoms with Crippen LogP contribution in [0.5, 0.6) is 5.75 Å². The summed E-state index contributed by atoms with van der Waals surface area (Å²) in [6, 6.07) is 9.20. The van der Waals surface area contributed by atoms with E-state index in [0.717, 1.165) is 21.2 Å². The molecule has 0 radical (unpaired) electrons. The molecule has 0 amide bonds. The highest BCUT2D eigenvalue weighted by Gasteiger charge is 2.17. The summed E-state index contributed by atoms with van der Waals surface area (Å²) in [6.07, 6.45) is -0.177. The lowest BCUT2D eigenvalue weighted by atomic mass is 10.1. The van der Waals surface area contributed by atoms with E-state index in [-0.39, 0.29) is 18.7 Å². The average molecular weight is 412 g/mol. The Kier molecular flexibility index (Phi) is 6.30. The lowest BCUT2D eigenvalue weighted by Gasteiger charge is -2.15. The lowest BCUT2D eigenvalue weighted by molar-refractivity contribution is 0.0375. The maximum Gasteiger partial charge on any atom is 0.338 e. The van der Waals surface area contributed by atoms with Crippen molar-refractivity contribution in [2.45, 2.75) is 40.4 Å². The highest BCUT2D eigenvalue weighted by Crippen LogP contribution is 2.29. The topological polar surface area (TPSA) is 35.5 Å². The molecule has 0 aliphatic heterocycles. The number of hydrogen-bond acceptors (Lipinski definition) is 3. The Morgan fingerprint density at radius 2 is 1.92 bits per heavy atom. The first kappa shape index (κ1) is 18.8. The van der Waals surface area contributed by atoms with Crippen LogP contribution < -0.4 is 4.74 Å². The van der Waals surface area contributed by atoms with Crippen LogP contribution >= 0.6 is 27.5 Å². The number of hydrogen-bond donors (Lipinski definition) is 0. The van der Waals surface area contributed by atoms with Crippen LogP contribution in [-0.2, 0) is 11.3 Å². The van der Waals surface area contributed by atoms with Crippen LogP contribution in [0.2, 0.25) is 5.02 Å². The van der Waals surface area contributed by atoms with Crippen LogP contribution in [0.25, 0.3) is 0 Å². The van der Waals surface area contributed by atoms with Crippen LogP contribution in [0.3, 0.4) is 0 Å². The Bertz CT molecular complexity index is 757. The molecule has 0 fully saturated rings. The van der Waals surface area contributed by atoms with Gasteiger partial charge in [-0.25, -0.2) is 4.79 Å². The van der Waals surface area contributed by atoms with Crippen molar-refractivity contribution in [1.29, 1.82) is 0 Å². The smallest absolute Gasteiger partial charge is 0.338 e. The number of halogens is 2. The minimum absolute atomic E-state index is 0.177. The van der Waals surface area contributed by atoms with Gasteiger partial charge in [0.2, 0.25) is 0 Å². The minimum Gasteiger partial charge on any atom is -0.489 e. The van der Waals surface area contributed by atoms with Crippen molar-refractivity contribution in [3.8, 4) is 5.75 Å². The second kappa shape index (κ2) is 8.04. The lowest BCUT2D eigenvalue weighted by Crippen LogP contribution is -2.15. The zero-order valence-electron chi connectivity index (χ0n) is 14.2. The standard InChI is InChI=1S/C19H20BrClO3/c1-11(2)24-19(22)14-6-5-7-16(20)15(14)10-23-18-9-17(21)12(3)8-13(18)4/h5-9,11H,10H2,1-4H3. The van der Waals surface area contributed by atoms with Crippen LogP contribution in [0.1, 0.15) is 40.9 Å². The van der Waals surface area contributed by atoms with Crippen molar-refractivity contribution in [1.82, 2.24) is 0 Å². The summed E-state index contributed by atoms with van der Waals surface area (Å²) in [5, 5.41) is 0.655. The minimum atomic E-state index is -0.358. The molecule has 2 aromatic carbocycles. The Morgan fingerprint density at radius 1 is 1.21 bits per heavy atom. The fourth-order valence-corrected chi connectivity index (χ4v) is 2.92. The van der Waals surface area contributed by atoms with E-state index >= 15 is 0 Å². The Labute approximate surface area is 156 Å². The number of ether oxygens (including phenoxy) is 2. The zero-order chi connectivity index (χ0) is 17.9. The maximum absolute atomic E-state index is 12.3. The molecule has 0 aromatic heterocycles. The molecule has 3 nitrogen and oxygen atoms in total. The summed E-state index contributed by atoms with van der Waals surface area (Å²) in [5.41, 5.74) is 3.24. The van der Waals surface area contributed by atoms with E-state index in [1.165, 1.54) is 0 Å². The molecular weight excluding hydrogens is 392 g/mol. The van der Waals surface area contributed by atoms with Crippen molar-refractivity contribution < 1.29 is 14.3 Å². The van der Waals surface area contributed by atoms with Gasteiger partial charge in [0.15, 0.2) is 0 Å². The van der Waals surface area contributed by atoms with Gasteiger partial charge in [-0.1, -0.05) is 39.7 Å². The molecule has 24 heavy (non-hydrogen) atoms. The van der Waals surface area contributed by atoms with E-state index in [1.807, 2.05) is 39.8 Å². The predicted octanol–water partition coefficient (Wildman–Crippen LogP) is 5.86. The highest BCUT2D eigenvalue weighted by molar-refractivity contribution is 9.10. The molecular formula is C19H20BrClO3. The number of benzene rings is 2. The number of carbonyl (C=O) groups is 1. The second-order valence-electron chi connectivity index (χ2n) is 5.88. The molecule has 0 bridgehead atoms. The van der Waals surface area contributed by atoms with Crippen molar-refractivity contribution in [3.05, 3.63) is 62.1 Å². The summed E-state index contributed by atoms with van der Waals surface area (Å²) in [5.74, 6) is 0.341. The molecule has 0 atom stereocenters. The number of esters is 1. The van der Waals surface area contributed by atoms with Gasteiger partial charge >= 0.3 is 5.97 Å². The van der Waals surface area contributed by atoms with Gasteiger partial charge in [-0.3, -0.25) is 0 Å². The quantitative estimate of drug-likeness (QED) is 0.578. The van der Waals surface area contributed by atoms with Gasteiger partial charge in [0.05, 0.1) is 11.7 Å². The van der Waals surface area contributed by atoms with Crippen molar-refractivity contribution in [2.24, 2.45) is 0 Å². The molecule has 0 saturated heterocycles. The van der Waals surface area contributed by atoms with Gasteiger partial charge < -0.3 is 9.47 Å². The Hall–Kier alpha value is -1.52. The van der Waals surface area contributed by atoms with E-state index in [9.17, 15) is 4.79 Å². The third kappa shape index (κ3) is 4.52. The fraction of sp³-hybridized carbons (Fsp3) is 0.316. The molecule has 0 aliphatic rings. The molecule has 0 heterocycles. The average Bonchev–Trinajstić information content (AvgIpc) is 2.49. The van der Waals surface area contributed by atoms with Gasteiger partial charge in [-0.2, -0.15) is 0 Å². The largest absolute Gasteiger partial charge is 0.489 e. The SMILES string of the molecule is Cc1cc(C)c(OCc2c(Br)cccc2C(=O)OC(C)C)cc1Cl. The zero-order valence-corrected chi connectivity index (χ0v) is 16.5. The fourth-order valence-electron chi connectivity index (χ4n) is 2.29. The summed E-state index contributed by atoms with van der Waals surface area (Å²) < 4.78 is 12.0. The van der Waals surface area contributed by atoms with Gasteiger partial charge in [0, 0.05) is 15.1 Å². The normalized spacial score (nSPS) is 10.8. The van der Waals surface area contributed by atoms with Gasteiger partial charge in [0.1, 0.15) is 12.4 Å². The summed E-state index contributed by atoms with van der Waals surface area (Å²) in [7, 11) is 0. The van der Waals surface area contributed by atoms with Crippen molar-refractivity contribution in [3.63, 3.8) is 0 Å². The molecule has 0 spiro atoms. The first-order chi connectivity index (χ1) is 11.3. The van der Waals surface area contributed by atoms with Crippen molar-refractivity contribution in [2.75, 3.05) is 0 Å². The number of carbonyl (C=O) groups excluding carboxylic acids is 1. The third-order valence-electron chi connectivity index (χ3n) is 3.51. The van der Waals surface area contributed by atoms with E-state index in [0.29, 0.717) is 16.3 Å². The molecule has 0 N–H and O–H groups in total. The van der Waals surface area contributed by atoms with Gasteiger partial charge in [-0.15, -0.1) is 0 Å². The van der Waals surface area contributed by atoms with Gasteiger partial charge in [-0.05, 0) is 57.0 Å². The first-order valence-electron chi connectivity index (χ1n) is 7.67. The van der Waals surface area contributed by atoms with E-state index in [2.05, 4.69) is 15.9 Å². The molecule has 2 rings (SSSR count). The summed E-state index contributed by atoms with van der Waals surface area (Å²) in [4.78, 5) is 12.3. The van der Waals surface area contributed by atoms with E-state index < -0.39 is 0 Å². The Balaban J connectivity index is 2.27. The third-order valence-corrected chi connectivity index (χ3v) is 4.66. The predicted molar refractivity (Wildman–Crippen MR) is 100.0 cm³/mol. The van der Waals surface area contributed by atoms with Crippen LogP contribution in [0, 0.1) is 13.8 Å². The van der Waals surface area contributed by atoms with E-state index in [1.54, 1.807) is 18.2 Å². The summed E-state index contributed by atoms with van der Waals surface area (Å²) in [6.45, 7) is 7.80. The summed E-state index contributed by atoms with van der Waals surface area (Å²) >= 11 is 9.66. The van der Waals surface area contributed by atoms with E-state index in [4.69, 9.17) is 21.1 Å². The first-order valence-corrected chi connectivity index (χ1v) is 8.84. The van der Waals surface area contributed by atoms with Crippen LogP contribution in [0.15, 0.2) is 34.8 Å². The second-order valence-corrected chi connectivity index (χ2v) is 7.14. The highest BCUT2D eigenvalue weighted by atomic mass is 79.9.